The van der Waals surface area contributed by atoms with Crippen LogP contribution in [0.4, 0.5) is 0 Å². The summed E-state index contributed by atoms with van der Waals surface area (Å²) in [7, 11) is 0. The van der Waals surface area contributed by atoms with Crippen LogP contribution in [0.5, 0.6) is 0 Å². The fourth-order valence-corrected chi connectivity index (χ4v) is 1.96. The van der Waals surface area contributed by atoms with E-state index in [0.717, 1.165) is 12.8 Å². The molecule has 1 aliphatic rings. The number of Topliss-reactive ketones (excluding diaryl/α,β-unsaturated/α-hetero) is 1. The third-order valence-electron chi connectivity index (χ3n) is 2.89. The minimum absolute atomic E-state index is 0.136. The van der Waals surface area contributed by atoms with Crippen molar-refractivity contribution in [1.82, 2.24) is 4.98 Å². The van der Waals surface area contributed by atoms with Crippen molar-refractivity contribution in [3.63, 3.8) is 0 Å². The first-order valence-corrected chi connectivity index (χ1v) is 5.51. The summed E-state index contributed by atoms with van der Waals surface area (Å²) in [5.74, 6) is 0.136. The predicted molar refractivity (Wildman–Crippen MR) is 60.0 cm³/mol. The van der Waals surface area contributed by atoms with Crippen molar-refractivity contribution >= 4 is 5.78 Å². The van der Waals surface area contributed by atoms with Crippen LogP contribution in [0.1, 0.15) is 48.8 Å². The molecule has 15 heavy (non-hydrogen) atoms. The summed E-state index contributed by atoms with van der Waals surface area (Å²) in [6.07, 6.45) is 5.29. The summed E-state index contributed by atoms with van der Waals surface area (Å²) in [4.78, 5) is 16.3. The second kappa shape index (κ2) is 3.44. The smallest absolute Gasteiger partial charge is 0.186 e. The summed E-state index contributed by atoms with van der Waals surface area (Å²) in [5, 5.41) is 0. The van der Waals surface area contributed by atoms with Crippen LogP contribution >= 0.6 is 0 Å². The van der Waals surface area contributed by atoms with Crippen LogP contribution in [0.25, 0.3) is 0 Å². The van der Waals surface area contributed by atoms with Gasteiger partial charge in [0.15, 0.2) is 5.78 Å². The largest absolute Gasteiger partial charge is 0.292 e. The summed E-state index contributed by atoms with van der Waals surface area (Å²) in [6, 6.07) is 1.98. The number of carbonyl (C=O) groups excluding carboxylic acids is 1. The van der Waals surface area contributed by atoms with Gasteiger partial charge in [-0.05, 0) is 36.5 Å². The Labute approximate surface area is 90.7 Å². The number of aromatic nitrogens is 1. The van der Waals surface area contributed by atoms with Gasteiger partial charge in [-0.15, -0.1) is 0 Å². The van der Waals surface area contributed by atoms with E-state index in [9.17, 15) is 4.79 Å². The zero-order chi connectivity index (χ0) is 11.1. The average molecular weight is 203 g/mol. The van der Waals surface area contributed by atoms with Crippen LogP contribution in [-0.2, 0) is 12.8 Å². The van der Waals surface area contributed by atoms with Gasteiger partial charge >= 0.3 is 0 Å². The van der Waals surface area contributed by atoms with Gasteiger partial charge in [-0.2, -0.15) is 0 Å². The summed E-state index contributed by atoms with van der Waals surface area (Å²) < 4.78 is 0. The van der Waals surface area contributed by atoms with Gasteiger partial charge in [-0.25, -0.2) is 0 Å². The van der Waals surface area contributed by atoms with E-state index in [2.05, 4.69) is 4.98 Å². The SMILES string of the molecule is CC(C)(C)C(=O)c1cc2c(cn1)CCC2. The molecule has 0 aromatic carbocycles. The van der Waals surface area contributed by atoms with E-state index in [4.69, 9.17) is 0 Å². The Morgan fingerprint density at radius 1 is 1.27 bits per heavy atom. The number of hydrogen-bond donors (Lipinski definition) is 0. The maximum Gasteiger partial charge on any atom is 0.186 e. The van der Waals surface area contributed by atoms with Gasteiger partial charge in [0.05, 0.1) is 0 Å². The third kappa shape index (κ3) is 1.94. The summed E-state index contributed by atoms with van der Waals surface area (Å²) >= 11 is 0. The molecule has 2 nitrogen and oxygen atoms in total. The van der Waals surface area contributed by atoms with Crippen LogP contribution in [-0.4, -0.2) is 10.8 Å². The van der Waals surface area contributed by atoms with Crippen molar-refractivity contribution in [3.8, 4) is 0 Å². The molecule has 0 N–H and O–H groups in total. The van der Waals surface area contributed by atoms with Crippen LogP contribution in [0.2, 0.25) is 0 Å². The molecule has 0 bridgehead atoms. The minimum atomic E-state index is -0.333. The highest BCUT2D eigenvalue weighted by atomic mass is 16.1. The van der Waals surface area contributed by atoms with Crippen molar-refractivity contribution in [2.75, 3.05) is 0 Å². The highest BCUT2D eigenvalue weighted by Gasteiger charge is 2.25. The maximum atomic E-state index is 12.0. The molecule has 1 aromatic heterocycles. The Kier molecular flexibility index (Phi) is 2.37. The summed E-state index contributed by atoms with van der Waals surface area (Å²) in [5.41, 5.74) is 2.93. The lowest BCUT2D eigenvalue weighted by atomic mass is 9.88. The van der Waals surface area contributed by atoms with Gasteiger partial charge in [0.1, 0.15) is 5.69 Å². The van der Waals surface area contributed by atoms with Gasteiger partial charge in [0, 0.05) is 11.6 Å². The summed E-state index contributed by atoms with van der Waals surface area (Å²) in [6.45, 7) is 5.80. The van der Waals surface area contributed by atoms with Crippen LogP contribution in [0.3, 0.4) is 0 Å². The Morgan fingerprint density at radius 3 is 2.60 bits per heavy atom. The van der Waals surface area contributed by atoms with Crippen molar-refractivity contribution in [2.45, 2.75) is 40.0 Å². The van der Waals surface area contributed by atoms with Gasteiger partial charge in [0.25, 0.3) is 0 Å². The number of fused-ring (bicyclic) bond motifs is 1. The number of pyridine rings is 1. The Morgan fingerprint density at radius 2 is 1.93 bits per heavy atom. The van der Waals surface area contributed by atoms with Crippen LogP contribution in [0, 0.1) is 5.41 Å². The monoisotopic (exact) mass is 203 g/mol. The molecule has 2 rings (SSSR count). The topological polar surface area (TPSA) is 30.0 Å². The molecule has 1 aromatic rings. The average Bonchev–Trinajstić information content (AvgIpc) is 2.61. The molecule has 0 aliphatic heterocycles. The van der Waals surface area contributed by atoms with E-state index < -0.39 is 0 Å². The Bertz CT molecular complexity index is 401. The molecule has 0 spiro atoms. The van der Waals surface area contributed by atoms with E-state index in [0.29, 0.717) is 5.69 Å². The number of rotatable bonds is 1. The lowest BCUT2D eigenvalue weighted by molar-refractivity contribution is 0.0853. The van der Waals surface area contributed by atoms with E-state index in [-0.39, 0.29) is 11.2 Å². The molecule has 0 radical (unpaired) electrons. The Balaban J connectivity index is 2.35. The number of ketones is 1. The second-order valence-corrected chi connectivity index (χ2v) is 5.27. The van der Waals surface area contributed by atoms with Gasteiger partial charge in [0.2, 0.25) is 0 Å². The first-order chi connectivity index (χ1) is 6.98. The quantitative estimate of drug-likeness (QED) is 0.657. The molecule has 80 valence electrons. The molecular weight excluding hydrogens is 186 g/mol. The zero-order valence-corrected chi connectivity index (χ0v) is 9.63. The predicted octanol–water partition coefficient (Wildman–Crippen LogP) is 2.80. The molecule has 0 atom stereocenters. The highest BCUT2D eigenvalue weighted by molar-refractivity contribution is 5.98. The maximum absolute atomic E-state index is 12.0. The van der Waals surface area contributed by atoms with Crippen molar-refractivity contribution in [2.24, 2.45) is 5.41 Å². The van der Waals surface area contributed by atoms with Crippen molar-refractivity contribution < 1.29 is 4.79 Å². The van der Waals surface area contributed by atoms with E-state index in [1.165, 1.54) is 17.5 Å². The number of nitrogens with zero attached hydrogens (tertiary/aromatic N) is 1. The first-order valence-electron chi connectivity index (χ1n) is 5.51. The van der Waals surface area contributed by atoms with Crippen molar-refractivity contribution in [1.29, 1.82) is 0 Å². The van der Waals surface area contributed by atoms with E-state index in [1.54, 1.807) is 0 Å². The molecule has 2 heteroatoms. The van der Waals surface area contributed by atoms with E-state index >= 15 is 0 Å². The molecule has 1 heterocycles. The fourth-order valence-electron chi connectivity index (χ4n) is 1.96. The normalized spacial score (nSPS) is 15.1. The number of hydrogen-bond acceptors (Lipinski definition) is 2. The molecule has 0 fully saturated rings. The first kappa shape index (κ1) is 10.3. The third-order valence-corrected chi connectivity index (χ3v) is 2.89. The standard InChI is InChI=1S/C13H17NO/c1-13(2,3)12(15)11-7-9-5-4-6-10(9)8-14-11/h7-8H,4-6H2,1-3H3. The molecule has 1 aliphatic carbocycles. The van der Waals surface area contributed by atoms with Crippen LogP contribution < -0.4 is 0 Å². The number of carbonyl (C=O) groups is 1. The van der Waals surface area contributed by atoms with Gasteiger partial charge < -0.3 is 0 Å². The molecular formula is C13H17NO. The fraction of sp³-hybridized carbons (Fsp3) is 0.538. The highest BCUT2D eigenvalue weighted by Crippen LogP contribution is 2.25. The molecule has 0 amide bonds. The lowest BCUT2D eigenvalue weighted by Crippen LogP contribution is -2.21. The second-order valence-electron chi connectivity index (χ2n) is 5.27. The van der Waals surface area contributed by atoms with Crippen molar-refractivity contribution in [3.05, 3.63) is 29.1 Å². The molecule has 0 unspecified atom stereocenters. The minimum Gasteiger partial charge on any atom is -0.292 e. The zero-order valence-electron chi connectivity index (χ0n) is 9.63. The molecule has 0 saturated carbocycles. The molecule has 0 saturated heterocycles. The van der Waals surface area contributed by atoms with E-state index in [1.807, 2.05) is 33.0 Å². The lowest BCUT2D eigenvalue weighted by Gasteiger charge is -2.16. The number of aryl methyl sites for hydroxylation is 2. The van der Waals surface area contributed by atoms with Gasteiger partial charge in [-0.3, -0.25) is 9.78 Å². The Hall–Kier alpha value is -1.18. The van der Waals surface area contributed by atoms with Crippen LogP contribution in [0.15, 0.2) is 12.3 Å². The van der Waals surface area contributed by atoms with Gasteiger partial charge in [-0.1, -0.05) is 20.8 Å².